The Morgan fingerprint density at radius 2 is 1.43 bits per heavy atom. The number of ether oxygens (including phenoxy) is 1. The molecule has 3 aromatic rings. The zero-order valence-corrected chi connectivity index (χ0v) is 24.3. The summed E-state index contributed by atoms with van der Waals surface area (Å²) in [4.78, 5) is 30.8. The molecule has 2 aliphatic heterocycles. The molecule has 40 heavy (non-hydrogen) atoms. The summed E-state index contributed by atoms with van der Waals surface area (Å²) in [5.74, 6) is 2.17. The summed E-state index contributed by atoms with van der Waals surface area (Å²) in [6, 6.07) is 31.1. The smallest absolute Gasteiger partial charge is 0.410 e. The molecule has 0 aromatic heterocycles. The van der Waals surface area contributed by atoms with E-state index in [1.165, 1.54) is 16.7 Å². The van der Waals surface area contributed by atoms with E-state index in [9.17, 15) is 9.59 Å². The highest BCUT2D eigenvalue weighted by Crippen LogP contribution is 2.52. The van der Waals surface area contributed by atoms with Crippen LogP contribution < -0.4 is 0 Å². The largest absolute Gasteiger partial charge is 0.445 e. The van der Waals surface area contributed by atoms with Crippen LogP contribution in [0.1, 0.15) is 23.1 Å². The zero-order chi connectivity index (χ0) is 27.8. The van der Waals surface area contributed by atoms with Gasteiger partial charge in [-0.1, -0.05) is 104 Å². The number of amides is 1. The Morgan fingerprint density at radius 1 is 0.900 bits per heavy atom. The third kappa shape index (κ3) is 6.32. The molecule has 0 saturated carbocycles. The van der Waals surface area contributed by atoms with Gasteiger partial charge in [0, 0.05) is 36.4 Å². The molecule has 0 aliphatic carbocycles. The fourth-order valence-corrected chi connectivity index (χ4v) is 8.47. The molecule has 3 aromatic carbocycles. The Balaban J connectivity index is 1.50. The lowest BCUT2D eigenvalue weighted by molar-refractivity contribution is -0.124. The number of Topliss-reactive ketones (excluding diaryl/α,β-unsaturated/α-hetero) is 1. The Hall–Kier alpha value is -3.00. The summed E-state index contributed by atoms with van der Waals surface area (Å²) < 4.78 is 4.95. The van der Waals surface area contributed by atoms with Crippen molar-refractivity contribution >= 4 is 35.4 Å². The van der Waals surface area contributed by atoms with E-state index in [1.807, 2.05) is 41.7 Å². The second-order valence-corrected chi connectivity index (χ2v) is 12.9. The SMILES string of the molecule is C=CCOC(=O)N1C[C@@H](SC(c2ccccc2)(c2ccccc2)c2ccccc2)C[C@H]1C(=O)CN1CCSCC1. The van der Waals surface area contributed by atoms with E-state index in [1.54, 1.807) is 11.0 Å². The molecular weight excluding hydrogens is 537 g/mol. The Labute approximate surface area is 246 Å². The normalized spacial score (nSPS) is 19.8. The van der Waals surface area contributed by atoms with Crippen LogP contribution in [0.4, 0.5) is 4.79 Å². The predicted molar refractivity (Wildman–Crippen MR) is 166 cm³/mol. The molecular formula is C33H36N2O3S2. The summed E-state index contributed by atoms with van der Waals surface area (Å²) in [5, 5.41) is 0.0164. The quantitative estimate of drug-likeness (QED) is 0.216. The fraction of sp³-hybridized carbons (Fsp3) is 0.333. The minimum atomic E-state index is -0.521. The van der Waals surface area contributed by atoms with E-state index < -0.39 is 16.9 Å². The third-order valence-electron chi connectivity index (χ3n) is 7.56. The first-order valence-electron chi connectivity index (χ1n) is 13.8. The lowest BCUT2D eigenvalue weighted by Gasteiger charge is -2.37. The monoisotopic (exact) mass is 572 g/mol. The highest BCUT2D eigenvalue weighted by atomic mass is 32.2. The minimum Gasteiger partial charge on any atom is -0.445 e. The molecule has 2 atom stereocenters. The molecule has 0 radical (unpaired) electrons. The molecule has 2 saturated heterocycles. The first-order valence-corrected chi connectivity index (χ1v) is 15.9. The van der Waals surface area contributed by atoms with E-state index in [0.29, 0.717) is 19.5 Å². The van der Waals surface area contributed by atoms with Gasteiger partial charge in [-0.3, -0.25) is 14.6 Å². The maximum Gasteiger partial charge on any atom is 0.410 e. The fourth-order valence-electron chi connectivity index (χ4n) is 5.66. The van der Waals surface area contributed by atoms with E-state index in [2.05, 4.69) is 84.3 Å². The second-order valence-electron chi connectivity index (χ2n) is 10.1. The molecule has 2 aliphatic rings. The average Bonchev–Trinajstić information content (AvgIpc) is 3.44. The van der Waals surface area contributed by atoms with E-state index in [-0.39, 0.29) is 17.6 Å². The van der Waals surface area contributed by atoms with Gasteiger partial charge in [0.25, 0.3) is 0 Å². The van der Waals surface area contributed by atoms with E-state index in [0.717, 1.165) is 24.6 Å². The third-order valence-corrected chi connectivity index (χ3v) is 10.2. The Morgan fingerprint density at radius 3 is 1.93 bits per heavy atom. The Kier molecular flexibility index (Phi) is 9.68. The van der Waals surface area contributed by atoms with Gasteiger partial charge in [0.2, 0.25) is 0 Å². The number of hydrogen-bond donors (Lipinski definition) is 0. The van der Waals surface area contributed by atoms with Crippen molar-refractivity contribution < 1.29 is 14.3 Å². The maximum atomic E-state index is 13.7. The van der Waals surface area contributed by atoms with Crippen LogP contribution in [0.5, 0.6) is 0 Å². The van der Waals surface area contributed by atoms with Crippen molar-refractivity contribution in [1.82, 2.24) is 9.80 Å². The minimum absolute atomic E-state index is 0.0164. The predicted octanol–water partition coefficient (Wildman–Crippen LogP) is 6.10. The van der Waals surface area contributed by atoms with Gasteiger partial charge in [0.05, 0.1) is 17.3 Å². The van der Waals surface area contributed by atoms with Crippen LogP contribution in [-0.2, 0) is 14.3 Å². The van der Waals surface area contributed by atoms with Crippen LogP contribution in [0.25, 0.3) is 0 Å². The molecule has 0 spiro atoms. The van der Waals surface area contributed by atoms with Crippen LogP contribution >= 0.6 is 23.5 Å². The van der Waals surface area contributed by atoms with Gasteiger partial charge in [0.15, 0.2) is 5.78 Å². The van der Waals surface area contributed by atoms with Gasteiger partial charge in [0.1, 0.15) is 6.61 Å². The molecule has 0 unspecified atom stereocenters. The van der Waals surface area contributed by atoms with Crippen LogP contribution in [0.2, 0.25) is 0 Å². The van der Waals surface area contributed by atoms with Gasteiger partial charge < -0.3 is 4.74 Å². The van der Waals surface area contributed by atoms with Gasteiger partial charge >= 0.3 is 6.09 Å². The number of rotatable bonds is 10. The molecule has 5 nitrogen and oxygen atoms in total. The van der Waals surface area contributed by atoms with Gasteiger partial charge in [-0.05, 0) is 23.1 Å². The van der Waals surface area contributed by atoms with Crippen LogP contribution in [0.3, 0.4) is 0 Å². The molecule has 2 fully saturated rings. The van der Waals surface area contributed by atoms with Crippen molar-refractivity contribution in [3.05, 3.63) is 120 Å². The maximum absolute atomic E-state index is 13.7. The summed E-state index contributed by atoms with van der Waals surface area (Å²) in [6.07, 6.45) is 1.71. The lowest BCUT2D eigenvalue weighted by Crippen LogP contribution is -2.46. The number of nitrogens with zero attached hydrogens (tertiary/aromatic N) is 2. The molecule has 2 heterocycles. The molecule has 208 valence electrons. The highest BCUT2D eigenvalue weighted by molar-refractivity contribution is 8.01. The number of hydrogen-bond acceptors (Lipinski definition) is 6. The second kappa shape index (κ2) is 13.6. The number of benzene rings is 3. The lowest BCUT2D eigenvalue weighted by atomic mass is 9.84. The van der Waals surface area contributed by atoms with Crippen LogP contribution in [0, 0.1) is 0 Å². The number of likely N-dealkylation sites (tertiary alicyclic amines) is 1. The molecule has 7 heteroatoms. The van der Waals surface area contributed by atoms with Crippen molar-refractivity contribution in [3.8, 4) is 0 Å². The number of carbonyl (C=O) groups is 2. The van der Waals surface area contributed by atoms with Crippen LogP contribution in [0.15, 0.2) is 104 Å². The zero-order valence-electron chi connectivity index (χ0n) is 22.7. The number of ketones is 1. The van der Waals surface area contributed by atoms with Crippen molar-refractivity contribution in [2.24, 2.45) is 0 Å². The van der Waals surface area contributed by atoms with E-state index in [4.69, 9.17) is 4.74 Å². The Bertz CT molecular complexity index is 1170. The van der Waals surface area contributed by atoms with Gasteiger partial charge in [-0.25, -0.2) is 4.79 Å². The summed E-state index contributed by atoms with van der Waals surface area (Å²) in [5.41, 5.74) is 3.50. The van der Waals surface area contributed by atoms with Gasteiger partial charge in [-0.15, -0.1) is 11.8 Å². The topological polar surface area (TPSA) is 49.9 Å². The highest BCUT2D eigenvalue weighted by Gasteiger charge is 2.46. The first-order chi connectivity index (χ1) is 19.6. The van der Waals surface area contributed by atoms with Gasteiger partial charge in [-0.2, -0.15) is 11.8 Å². The number of thioether (sulfide) groups is 2. The summed E-state index contributed by atoms with van der Waals surface area (Å²) in [7, 11) is 0. The standard InChI is InChI=1S/C33H36N2O3S2/c1-2-20-38-32(37)35-24-29(23-30(35)31(36)25-34-18-21-39-22-19-34)40-33(26-12-6-3-7-13-26,27-14-8-4-9-15-27)28-16-10-5-11-17-28/h2-17,29-30H,1,18-25H2/t29-,30-/m0/s1. The van der Waals surface area contributed by atoms with Crippen molar-refractivity contribution in [2.75, 3.05) is 44.3 Å². The summed E-state index contributed by atoms with van der Waals surface area (Å²) in [6.45, 7) is 6.43. The van der Waals surface area contributed by atoms with Crippen molar-refractivity contribution in [1.29, 1.82) is 0 Å². The van der Waals surface area contributed by atoms with Crippen molar-refractivity contribution in [2.45, 2.75) is 22.5 Å². The molecule has 5 rings (SSSR count). The average molecular weight is 573 g/mol. The molecule has 1 amide bonds. The first kappa shape index (κ1) is 28.5. The number of carbonyl (C=O) groups excluding carboxylic acids is 2. The van der Waals surface area contributed by atoms with Crippen molar-refractivity contribution in [3.63, 3.8) is 0 Å². The summed E-state index contributed by atoms with van der Waals surface area (Å²) >= 11 is 3.76. The van der Waals surface area contributed by atoms with Crippen LogP contribution in [-0.4, -0.2) is 77.3 Å². The van der Waals surface area contributed by atoms with E-state index >= 15 is 0 Å². The molecule has 0 N–H and O–H groups in total. The molecule has 0 bridgehead atoms.